The first kappa shape index (κ1) is 13.5. The molecule has 0 atom stereocenters. The molecule has 1 aliphatic rings. The lowest BCUT2D eigenvalue weighted by atomic mass is 9.86. The van der Waals surface area contributed by atoms with Crippen LogP contribution >= 0.6 is 0 Å². The highest BCUT2D eigenvalue weighted by atomic mass is 16.5. The first-order chi connectivity index (χ1) is 7.58. The molecule has 1 rings (SSSR count). The van der Waals surface area contributed by atoms with Gasteiger partial charge in [0.1, 0.15) is 5.54 Å². The summed E-state index contributed by atoms with van der Waals surface area (Å²) in [5.74, 6) is -0.704. The molecule has 0 bridgehead atoms. The highest BCUT2D eigenvalue weighted by Gasteiger charge is 2.45. The van der Waals surface area contributed by atoms with Crippen LogP contribution in [0.4, 0.5) is 0 Å². The van der Waals surface area contributed by atoms with Crippen molar-refractivity contribution in [1.29, 1.82) is 0 Å². The molecule has 1 N–H and O–H groups in total. The van der Waals surface area contributed by atoms with E-state index in [1.807, 2.05) is 7.05 Å². The van der Waals surface area contributed by atoms with Gasteiger partial charge in [-0.3, -0.25) is 9.69 Å². The van der Waals surface area contributed by atoms with Crippen molar-refractivity contribution in [2.24, 2.45) is 0 Å². The predicted octanol–water partition coefficient (Wildman–Crippen LogP) is 1.74. The number of nitrogens with zero attached hydrogens (tertiary/aromatic N) is 1. The summed E-state index contributed by atoms with van der Waals surface area (Å²) in [6.07, 6.45) is 3.16. The van der Waals surface area contributed by atoms with E-state index in [-0.39, 0.29) is 0 Å². The average Bonchev–Trinajstić information content (AvgIpc) is 2.31. The van der Waals surface area contributed by atoms with Crippen LogP contribution in [-0.2, 0) is 9.53 Å². The maximum absolute atomic E-state index is 11.6. The summed E-state index contributed by atoms with van der Waals surface area (Å²) in [5, 5.41) is 9.50. The number of carboxylic acid groups (broad SMARTS) is 1. The Hall–Kier alpha value is -0.610. The van der Waals surface area contributed by atoms with Gasteiger partial charge in [-0.1, -0.05) is 13.8 Å². The van der Waals surface area contributed by atoms with Crippen LogP contribution in [0.15, 0.2) is 0 Å². The molecule has 16 heavy (non-hydrogen) atoms. The minimum absolute atomic E-state index is 0.342. The molecule has 0 saturated carbocycles. The van der Waals surface area contributed by atoms with Crippen LogP contribution in [0.25, 0.3) is 0 Å². The Morgan fingerprint density at radius 1 is 1.38 bits per heavy atom. The molecule has 1 heterocycles. The largest absolute Gasteiger partial charge is 0.480 e. The molecule has 0 unspecified atom stereocenters. The average molecular weight is 229 g/mol. The molecule has 94 valence electrons. The van der Waals surface area contributed by atoms with E-state index in [0.717, 1.165) is 12.8 Å². The Bertz CT molecular complexity index is 232. The molecular weight excluding hydrogens is 206 g/mol. The lowest BCUT2D eigenvalue weighted by Crippen LogP contribution is -2.59. The van der Waals surface area contributed by atoms with E-state index in [2.05, 4.69) is 18.7 Å². The fourth-order valence-corrected chi connectivity index (χ4v) is 2.61. The van der Waals surface area contributed by atoms with Gasteiger partial charge in [0, 0.05) is 19.3 Å². The normalized spacial score (nSPS) is 20.3. The molecule has 0 aromatic rings. The fourth-order valence-electron chi connectivity index (χ4n) is 2.61. The van der Waals surface area contributed by atoms with E-state index >= 15 is 0 Å². The van der Waals surface area contributed by atoms with Crippen molar-refractivity contribution in [2.45, 2.75) is 51.1 Å². The fraction of sp³-hybridized carbons (Fsp3) is 0.917. The summed E-state index contributed by atoms with van der Waals surface area (Å²) in [4.78, 5) is 13.6. The number of hydrogen-bond acceptors (Lipinski definition) is 3. The van der Waals surface area contributed by atoms with Crippen molar-refractivity contribution in [3.8, 4) is 0 Å². The number of ether oxygens (including phenoxy) is 1. The second-order valence-corrected chi connectivity index (χ2v) is 4.53. The monoisotopic (exact) mass is 229 g/mol. The van der Waals surface area contributed by atoms with Crippen molar-refractivity contribution < 1.29 is 14.6 Å². The van der Waals surface area contributed by atoms with Crippen molar-refractivity contribution in [3.63, 3.8) is 0 Å². The zero-order chi connectivity index (χ0) is 12.2. The van der Waals surface area contributed by atoms with Crippen LogP contribution < -0.4 is 0 Å². The number of hydrogen-bond donors (Lipinski definition) is 1. The van der Waals surface area contributed by atoms with Gasteiger partial charge in [0.05, 0.1) is 0 Å². The van der Waals surface area contributed by atoms with Crippen LogP contribution in [0.3, 0.4) is 0 Å². The SMILES string of the molecule is CCC(CC)N(C)C1(C(=O)O)CCOCC1. The number of aliphatic carboxylic acids is 1. The summed E-state index contributed by atoms with van der Waals surface area (Å²) in [7, 11) is 1.94. The Kier molecular flexibility index (Phi) is 4.74. The van der Waals surface area contributed by atoms with E-state index in [4.69, 9.17) is 4.74 Å². The zero-order valence-electron chi connectivity index (χ0n) is 10.5. The summed E-state index contributed by atoms with van der Waals surface area (Å²) < 4.78 is 5.28. The van der Waals surface area contributed by atoms with Gasteiger partial charge >= 0.3 is 5.97 Å². The van der Waals surface area contributed by atoms with Gasteiger partial charge in [-0.05, 0) is 32.7 Å². The molecule has 1 saturated heterocycles. The maximum atomic E-state index is 11.6. The van der Waals surface area contributed by atoms with E-state index < -0.39 is 11.5 Å². The maximum Gasteiger partial charge on any atom is 0.324 e. The smallest absolute Gasteiger partial charge is 0.324 e. The van der Waals surface area contributed by atoms with E-state index in [1.165, 1.54) is 0 Å². The third-order valence-electron chi connectivity index (χ3n) is 3.88. The topological polar surface area (TPSA) is 49.8 Å². The molecule has 1 fully saturated rings. The lowest BCUT2D eigenvalue weighted by Gasteiger charge is -2.44. The number of rotatable bonds is 5. The standard InChI is InChI=1S/C12H23NO3/c1-4-10(5-2)13(3)12(11(14)15)6-8-16-9-7-12/h10H,4-9H2,1-3H3,(H,14,15). The zero-order valence-corrected chi connectivity index (χ0v) is 10.5. The van der Waals surface area contributed by atoms with Crippen LogP contribution in [0.5, 0.6) is 0 Å². The molecular formula is C12H23NO3. The highest BCUT2D eigenvalue weighted by molar-refractivity contribution is 5.79. The highest BCUT2D eigenvalue weighted by Crippen LogP contribution is 2.30. The Morgan fingerprint density at radius 3 is 2.25 bits per heavy atom. The predicted molar refractivity (Wildman–Crippen MR) is 62.6 cm³/mol. The molecule has 0 aromatic carbocycles. The molecule has 0 amide bonds. The third-order valence-corrected chi connectivity index (χ3v) is 3.88. The molecule has 4 nitrogen and oxygen atoms in total. The first-order valence-electron chi connectivity index (χ1n) is 6.12. The Labute approximate surface area is 97.6 Å². The van der Waals surface area contributed by atoms with Crippen LogP contribution in [0, 0.1) is 0 Å². The van der Waals surface area contributed by atoms with Crippen LogP contribution in [0.1, 0.15) is 39.5 Å². The molecule has 0 radical (unpaired) electrons. The quantitative estimate of drug-likeness (QED) is 0.780. The van der Waals surface area contributed by atoms with Crippen molar-refractivity contribution in [3.05, 3.63) is 0 Å². The van der Waals surface area contributed by atoms with Crippen molar-refractivity contribution >= 4 is 5.97 Å². The minimum atomic E-state index is -0.713. The van der Waals surface area contributed by atoms with E-state index in [9.17, 15) is 9.90 Å². The molecule has 4 heteroatoms. The summed E-state index contributed by atoms with van der Waals surface area (Å²) in [6, 6.07) is 0.342. The van der Waals surface area contributed by atoms with E-state index in [0.29, 0.717) is 32.1 Å². The summed E-state index contributed by atoms with van der Waals surface area (Å²) in [6.45, 7) is 5.33. The number of carboxylic acids is 1. The van der Waals surface area contributed by atoms with Gasteiger partial charge < -0.3 is 9.84 Å². The van der Waals surface area contributed by atoms with Crippen molar-refractivity contribution in [2.75, 3.05) is 20.3 Å². The summed E-state index contributed by atoms with van der Waals surface area (Å²) in [5.41, 5.74) is -0.713. The number of likely N-dealkylation sites (N-methyl/N-ethyl adjacent to an activating group) is 1. The van der Waals surface area contributed by atoms with Gasteiger partial charge in [-0.25, -0.2) is 0 Å². The molecule has 0 spiro atoms. The van der Waals surface area contributed by atoms with Gasteiger partial charge in [-0.2, -0.15) is 0 Å². The van der Waals surface area contributed by atoms with Crippen molar-refractivity contribution in [1.82, 2.24) is 4.90 Å². The molecule has 0 aromatic heterocycles. The van der Waals surface area contributed by atoms with Crippen LogP contribution in [0.2, 0.25) is 0 Å². The minimum Gasteiger partial charge on any atom is -0.480 e. The first-order valence-corrected chi connectivity index (χ1v) is 6.12. The summed E-state index contributed by atoms with van der Waals surface area (Å²) >= 11 is 0. The second kappa shape index (κ2) is 5.64. The Balaban J connectivity index is 2.87. The molecule has 0 aliphatic carbocycles. The Morgan fingerprint density at radius 2 is 1.88 bits per heavy atom. The second-order valence-electron chi connectivity index (χ2n) is 4.53. The van der Waals surface area contributed by atoms with Gasteiger partial charge in [-0.15, -0.1) is 0 Å². The van der Waals surface area contributed by atoms with Gasteiger partial charge in [0.15, 0.2) is 0 Å². The number of carbonyl (C=O) groups is 1. The van der Waals surface area contributed by atoms with E-state index in [1.54, 1.807) is 0 Å². The third kappa shape index (κ3) is 2.38. The van der Waals surface area contributed by atoms with Gasteiger partial charge in [0.2, 0.25) is 0 Å². The van der Waals surface area contributed by atoms with Crippen LogP contribution in [-0.4, -0.2) is 47.8 Å². The molecule has 1 aliphatic heterocycles. The van der Waals surface area contributed by atoms with Gasteiger partial charge in [0.25, 0.3) is 0 Å². The lowest BCUT2D eigenvalue weighted by molar-refractivity contribution is -0.160.